The fraction of sp³-hybridized carbons (Fsp3) is 0. The molecule has 173 valence electrons. The second kappa shape index (κ2) is 9.25. The summed E-state index contributed by atoms with van der Waals surface area (Å²) in [5.41, 5.74) is -2.88. The summed E-state index contributed by atoms with van der Waals surface area (Å²) in [6, 6.07) is 3.57. The van der Waals surface area contributed by atoms with Gasteiger partial charge >= 0.3 is 0 Å². The van der Waals surface area contributed by atoms with Crippen molar-refractivity contribution in [2.45, 2.75) is 0 Å². The van der Waals surface area contributed by atoms with Crippen LogP contribution in [0.15, 0.2) is 54.6 Å². The summed E-state index contributed by atoms with van der Waals surface area (Å²) in [5, 5.41) is 46.4. The molecule has 1 fully saturated rings. The number of nitro groups is 4. The summed E-state index contributed by atoms with van der Waals surface area (Å²) in [4.78, 5) is 43.0. The summed E-state index contributed by atoms with van der Waals surface area (Å²) < 4.78 is 0. The molecular weight excluding hydrogens is 460 g/mol. The molecule has 35 heavy (non-hydrogen) atoms. The zero-order valence-electron chi connectivity index (χ0n) is 17.6. The second-order valence-electron chi connectivity index (χ2n) is 7.35. The standard InChI is InChI=1S/C23H13N4O8/c28-24(29)15-10-18-17(9-3-1-2-6-14-7-4-5-8-14)19-11-16(25(30)31)13-21(27(34)35)23(19)22(18)20(12-15)26(32)33/h1-13H/b3-1+,6-2+. The highest BCUT2D eigenvalue weighted by Gasteiger charge is 2.40. The Balaban J connectivity index is 1.96. The molecule has 0 saturated heterocycles. The van der Waals surface area contributed by atoms with Gasteiger partial charge in [0.15, 0.2) is 0 Å². The van der Waals surface area contributed by atoms with Gasteiger partial charge in [-0.3, -0.25) is 40.5 Å². The summed E-state index contributed by atoms with van der Waals surface area (Å²) >= 11 is 0. The van der Waals surface area contributed by atoms with Gasteiger partial charge in [0, 0.05) is 29.2 Å². The molecule has 0 bridgehead atoms. The minimum absolute atomic E-state index is 0.00541. The van der Waals surface area contributed by atoms with E-state index >= 15 is 0 Å². The molecule has 0 spiro atoms. The number of nitrogens with zero attached hydrogens (tertiary/aromatic N) is 4. The number of non-ortho nitro benzene ring substituents is 2. The van der Waals surface area contributed by atoms with Crippen LogP contribution in [-0.2, 0) is 0 Å². The van der Waals surface area contributed by atoms with Gasteiger partial charge in [0.1, 0.15) is 0 Å². The van der Waals surface area contributed by atoms with Crippen molar-refractivity contribution in [1.29, 1.82) is 0 Å². The average Bonchev–Trinajstić information content (AvgIpc) is 3.43. The van der Waals surface area contributed by atoms with E-state index in [4.69, 9.17) is 0 Å². The van der Waals surface area contributed by atoms with E-state index in [-0.39, 0.29) is 27.8 Å². The Morgan fingerprint density at radius 3 is 1.51 bits per heavy atom. The van der Waals surface area contributed by atoms with Crippen LogP contribution in [0.25, 0.3) is 16.7 Å². The van der Waals surface area contributed by atoms with E-state index in [9.17, 15) is 40.5 Å². The third-order valence-electron chi connectivity index (χ3n) is 5.31. The van der Waals surface area contributed by atoms with Crippen molar-refractivity contribution >= 4 is 28.3 Å². The number of nitro benzene ring substituents is 4. The Morgan fingerprint density at radius 1 is 0.600 bits per heavy atom. The van der Waals surface area contributed by atoms with E-state index in [0.717, 1.165) is 30.2 Å². The Hall–Kier alpha value is -4.74. The predicted molar refractivity (Wildman–Crippen MR) is 124 cm³/mol. The Kier molecular flexibility index (Phi) is 6.19. The molecular formula is C23H13N4O8. The largest absolute Gasteiger partial charge is 0.284 e. The van der Waals surface area contributed by atoms with Gasteiger partial charge < -0.3 is 0 Å². The fourth-order valence-corrected chi connectivity index (χ4v) is 3.88. The number of benzene rings is 2. The number of hydrogen-bond acceptors (Lipinski definition) is 8. The first-order chi connectivity index (χ1) is 16.7. The van der Waals surface area contributed by atoms with Crippen LogP contribution >= 0.6 is 0 Å². The molecule has 2 aromatic carbocycles. The van der Waals surface area contributed by atoms with Crippen LogP contribution in [0, 0.1) is 72.1 Å². The van der Waals surface area contributed by atoms with Gasteiger partial charge in [0.2, 0.25) is 0 Å². The first-order valence-electron chi connectivity index (χ1n) is 9.90. The third-order valence-corrected chi connectivity index (χ3v) is 5.31. The maximum atomic E-state index is 11.8. The third kappa shape index (κ3) is 4.40. The lowest BCUT2D eigenvalue weighted by Crippen LogP contribution is -1.99. The van der Waals surface area contributed by atoms with Gasteiger partial charge in [-0.1, -0.05) is 30.4 Å². The molecule has 0 heterocycles. The first-order valence-corrected chi connectivity index (χ1v) is 9.90. The van der Waals surface area contributed by atoms with Gasteiger partial charge in [-0.15, -0.1) is 0 Å². The van der Waals surface area contributed by atoms with Crippen LogP contribution in [0.5, 0.6) is 0 Å². The Labute approximate surface area is 197 Å². The van der Waals surface area contributed by atoms with Crippen molar-refractivity contribution in [1.82, 2.24) is 0 Å². The number of rotatable bonds is 7. The molecule has 5 radical (unpaired) electrons. The lowest BCUT2D eigenvalue weighted by Gasteiger charge is -2.04. The first kappa shape index (κ1) is 23.4. The molecule has 2 aromatic rings. The lowest BCUT2D eigenvalue weighted by molar-refractivity contribution is -0.395. The molecule has 2 aliphatic rings. The highest BCUT2D eigenvalue weighted by molar-refractivity contribution is 6.08. The van der Waals surface area contributed by atoms with E-state index in [1.54, 1.807) is 18.2 Å². The van der Waals surface area contributed by atoms with Crippen LogP contribution < -0.4 is 0 Å². The van der Waals surface area contributed by atoms with E-state index in [0.29, 0.717) is 0 Å². The van der Waals surface area contributed by atoms with E-state index < -0.39 is 42.4 Å². The highest BCUT2D eigenvalue weighted by atomic mass is 16.6. The van der Waals surface area contributed by atoms with Gasteiger partial charge in [-0.05, 0) is 31.3 Å². The van der Waals surface area contributed by atoms with Gasteiger partial charge in [-0.25, -0.2) is 0 Å². The van der Waals surface area contributed by atoms with Crippen molar-refractivity contribution in [3.63, 3.8) is 0 Å². The molecule has 12 nitrogen and oxygen atoms in total. The van der Waals surface area contributed by atoms with Crippen molar-refractivity contribution in [3.8, 4) is 11.1 Å². The van der Waals surface area contributed by atoms with Crippen molar-refractivity contribution in [2.75, 3.05) is 0 Å². The molecule has 12 heteroatoms. The monoisotopic (exact) mass is 473 g/mol. The summed E-state index contributed by atoms with van der Waals surface area (Å²) in [6.07, 6.45) is 15.6. The SMILES string of the molecule is O=[N+]([O-])c1cc2c(c([N+](=O)[O-])c1)-c1c(cc([N+](=O)[O-])cc1[N+](=O)[O-])C2=C/C=C/C=C/[C]1[CH][CH][CH][CH]1. The normalized spacial score (nSPS) is 14.9. The van der Waals surface area contributed by atoms with Gasteiger partial charge in [0.05, 0.1) is 43.0 Å². The summed E-state index contributed by atoms with van der Waals surface area (Å²) in [7, 11) is 0. The van der Waals surface area contributed by atoms with Crippen molar-refractivity contribution in [3.05, 3.63) is 138 Å². The van der Waals surface area contributed by atoms with Crippen molar-refractivity contribution in [2.24, 2.45) is 0 Å². The van der Waals surface area contributed by atoms with Gasteiger partial charge in [-0.2, -0.15) is 0 Å². The lowest BCUT2D eigenvalue weighted by atomic mass is 10.0. The maximum Gasteiger partial charge on any atom is 0.284 e. The number of hydrogen-bond donors (Lipinski definition) is 0. The molecule has 2 aliphatic carbocycles. The van der Waals surface area contributed by atoms with Crippen molar-refractivity contribution < 1.29 is 19.7 Å². The molecule has 4 rings (SSSR count). The molecule has 0 unspecified atom stereocenters. The topological polar surface area (TPSA) is 173 Å². The number of allylic oxidation sites excluding steroid dienone is 5. The van der Waals surface area contributed by atoms with E-state index in [1.807, 2.05) is 25.7 Å². The average molecular weight is 473 g/mol. The Morgan fingerprint density at radius 2 is 1.09 bits per heavy atom. The van der Waals surface area contributed by atoms with Crippen LogP contribution in [0.3, 0.4) is 0 Å². The van der Waals surface area contributed by atoms with E-state index in [2.05, 4.69) is 0 Å². The zero-order valence-corrected chi connectivity index (χ0v) is 17.6. The van der Waals surface area contributed by atoms with E-state index in [1.165, 1.54) is 12.2 Å². The number of fused-ring (bicyclic) bond motifs is 3. The zero-order chi connectivity index (χ0) is 25.3. The molecule has 0 amide bonds. The minimum Gasteiger partial charge on any atom is -0.258 e. The minimum atomic E-state index is -0.873. The molecule has 0 N–H and O–H groups in total. The van der Waals surface area contributed by atoms with Gasteiger partial charge in [0.25, 0.3) is 22.7 Å². The molecule has 0 atom stereocenters. The predicted octanol–water partition coefficient (Wildman–Crippen LogP) is 5.25. The Bertz CT molecular complexity index is 1290. The smallest absolute Gasteiger partial charge is 0.258 e. The summed E-state index contributed by atoms with van der Waals surface area (Å²) in [5.74, 6) is 0.941. The quantitative estimate of drug-likeness (QED) is 0.254. The van der Waals surface area contributed by atoms with Crippen LogP contribution in [0.2, 0.25) is 0 Å². The van der Waals surface area contributed by atoms with Crippen LogP contribution in [0.1, 0.15) is 11.1 Å². The van der Waals surface area contributed by atoms with Crippen LogP contribution in [-0.4, -0.2) is 19.7 Å². The maximum absolute atomic E-state index is 11.8. The fourth-order valence-electron chi connectivity index (χ4n) is 3.88. The molecule has 0 aliphatic heterocycles. The summed E-state index contributed by atoms with van der Waals surface area (Å²) in [6.45, 7) is 0. The molecule has 1 saturated carbocycles. The van der Waals surface area contributed by atoms with Crippen LogP contribution in [0.4, 0.5) is 22.7 Å². The molecule has 0 aromatic heterocycles. The highest BCUT2D eigenvalue weighted by Crippen LogP contribution is 2.54. The second-order valence-corrected chi connectivity index (χ2v) is 7.35.